The Morgan fingerprint density at radius 3 is 2.43 bits per heavy atom. The maximum Gasteiger partial charge on any atom is 0.196 e. The van der Waals surface area contributed by atoms with E-state index < -0.39 is 0 Å². The van der Waals surface area contributed by atoms with E-state index in [0.717, 1.165) is 28.9 Å². The molecule has 0 amide bonds. The second kappa shape index (κ2) is 9.27. The van der Waals surface area contributed by atoms with Crippen LogP contribution in [0.15, 0.2) is 90.1 Å². The van der Waals surface area contributed by atoms with Gasteiger partial charge in [-0.2, -0.15) is 0 Å². The number of benzene rings is 3. The molecule has 152 valence electrons. The van der Waals surface area contributed by atoms with Crippen molar-refractivity contribution < 1.29 is 9.13 Å². The summed E-state index contributed by atoms with van der Waals surface area (Å²) in [7, 11) is 0. The quantitative estimate of drug-likeness (QED) is 0.564. The number of halogens is 1. The van der Waals surface area contributed by atoms with Crippen LogP contribution in [0.1, 0.15) is 18.1 Å². The van der Waals surface area contributed by atoms with Gasteiger partial charge in [0.05, 0.1) is 0 Å². The van der Waals surface area contributed by atoms with Crippen LogP contribution in [-0.4, -0.2) is 23.9 Å². The van der Waals surface area contributed by atoms with Crippen LogP contribution >= 0.6 is 0 Å². The fourth-order valence-electron chi connectivity index (χ4n) is 3.27. The molecule has 5 heteroatoms. The lowest BCUT2D eigenvalue weighted by molar-refractivity contribution is 0.290. The van der Waals surface area contributed by atoms with Gasteiger partial charge in [-0.25, -0.2) is 9.38 Å². The molecule has 4 nitrogen and oxygen atoms in total. The predicted molar refractivity (Wildman–Crippen MR) is 120 cm³/mol. The zero-order valence-electron chi connectivity index (χ0n) is 16.8. The number of para-hydroxylation sites is 1. The fourth-order valence-corrected chi connectivity index (χ4v) is 3.27. The van der Waals surface area contributed by atoms with E-state index in [9.17, 15) is 4.39 Å². The van der Waals surface area contributed by atoms with Crippen molar-refractivity contribution in [2.45, 2.75) is 19.8 Å². The Morgan fingerprint density at radius 2 is 1.73 bits per heavy atom. The maximum absolute atomic E-state index is 14.6. The Morgan fingerprint density at radius 1 is 1.00 bits per heavy atom. The summed E-state index contributed by atoms with van der Waals surface area (Å²) in [6.45, 7) is 3.17. The summed E-state index contributed by atoms with van der Waals surface area (Å²) in [6, 6.07) is 24.7. The number of allylic oxidation sites excluding steroid dienone is 1. The molecule has 30 heavy (non-hydrogen) atoms. The van der Waals surface area contributed by atoms with E-state index in [0.29, 0.717) is 6.61 Å². The van der Waals surface area contributed by atoms with Gasteiger partial charge < -0.3 is 15.0 Å². The van der Waals surface area contributed by atoms with Crippen molar-refractivity contribution in [2.24, 2.45) is 4.99 Å². The average Bonchev–Trinajstić information content (AvgIpc) is 2.80. The lowest BCUT2D eigenvalue weighted by atomic mass is 10.1. The molecular weight excluding hydrogens is 377 g/mol. The molecule has 0 bridgehead atoms. The van der Waals surface area contributed by atoms with Gasteiger partial charge in [0.2, 0.25) is 0 Å². The number of aliphatic imine (C=N–C) groups is 1. The van der Waals surface area contributed by atoms with Gasteiger partial charge >= 0.3 is 0 Å². The second-order valence-corrected chi connectivity index (χ2v) is 7.00. The summed E-state index contributed by atoms with van der Waals surface area (Å²) >= 11 is 0. The van der Waals surface area contributed by atoms with Crippen LogP contribution in [0.3, 0.4) is 0 Å². The minimum Gasteiger partial charge on any atom is -0.486 e. The highest BCUT2D eigenvalue weighted by Gasteiger charge is 2.18. The summed E-state index contributed by atoms with van der Waals surface area (Å²) < 4.78 is 20.3. The Balaban J connectivity index is 1.46. The Kier molecular flexibility index (Phi) is 6.09. The molecule has 1 aliphatic rings. The summed E-state index contributed by atoms with van der Waals surface area (Å²) in [5.41, 5.74) is 3.62. The highest BCUT2D eigenvalue weighted by molar-refractivity contribution is 6.10. The van der Waals surface area contributed by atoms with Gasteiger partial charge in [-0.1, -0.05) is 54.6 Å². The van der Waals surface area contributed by atoms with Crippen molar-refractivity contribution in [3.63, 3.8) is 0 Å². The SMILES string of the molecule is CCN1C=C(c2ccc(OCc3ccccc3)c(F)c2)C=NC1Nc1ccccc1. The van der Waals surface area contributed by atoms with E-state index in [1.54, 1.807) is 12.3 Å². The van der Waals surface area contributed by atoms with Crippen molar-refractivity contribution in [1.29, 1.82) is 0 Å². The summed E-state index contributed by atoms with van der Waals surface area (Å²) in [5, 5.41) is 3.40. The molecule has 0 saturated heterocycles. The molecule has 0 aliphatic carbocycles. The Labute approximate surface area is 176 Å². The highest BCUT2D eigenvalue weighted by Crippen LogP contribution is 2.26. The van der Waals surface area contributed by atoms with Gasteiger partial charge in [-0.05, 0) is 42.3 Å². The molecule has 1 aliphatic heterocycles. The number of hydrogen-bond donors (Lipinski definition) is 1. The zero-order valence-corrected chi connectivity index (χ0v) is 16.8. The van der Waals surface area contributed by atoms with E-state index in [-0.39, 0.29) is 17.9 Å². The van der Waals surface area contributed by atoms with Crippen molar-refractivity contribution >= 4 is 17.5 Å². The van der Waals surface area contributed by atoms with Crippen LogP contribution < -0.4 is 10.1 Å². The summed E-state index contributed by atoms with van der Waals surface area (Å²) in [6.07, 6.45) is 3.60. The molecule has 0 fully saturated rings. The largest absolute Gasteiger partial charge is 0.486 e. The molecule has 3 aromatic carbocycles. The Hall–Kier alpha value is -3.60. The van der Waals surface area contributed by atoms with Crippen LogP contribution in [-0.2, 0) is 6.61 Å². The molecule has 1 atom stereocenters. The minimum atomic E-state index is -0.384. The standard InChI is InChI=1S/C25H24FN3O/c1-2-29-17-21(16-27-25(29)28-22-11-7-4-8-12-22)20-13-14-24(23(26)15-20)30-18-19-9-5-3-6-10-19/h3-17,25,28H,2,18H2,1H3. The van der Waals surface area contributed by atoms with Crippen LogP contribution in [0.5, 0.6) is 5.75 Å². The second-order valence-electron chi connectivity index (χ2n) is 7.00. The lowest BCUT2D eigenvalue weighted by Gasteiger charge is -2.31. The topological polar surface area (TPSA) is 36.9 Å². The molecule has 4 rings (SSSR count). The number of nitrogens with zero attached hydrogens (tertiary/aromatic N) is 2. The normalized spacial score (nSPS) is 15.6. The molecule has 0 saturated carbocycles. The number of hydrogen-bond acceptors (Lipinski definition) is 4. The molecule has 1 unspecified atom stereocenters. The molecule has 3 aromatic rings. The first kappa shape index (κ1) is 19.7. The van der Waals surface area contributed by atoms with E-state index in [4.69, 9.17) is 4.74 Å². The number of rotatable bonds is 7. The average molecular weight is 401 g/mol. The number of ether oxygens (including phenoxy) is 1. The molecular formula is C25H24FN3O. The minimum absolute atomic E-state index is 0.195. The summed E-state index contributed by atoms with van der Waals surface area (Å²) in [4.78, 5) is 6.71. The van der Waals surface area contributed by atoms with Gasteiger partial charge in [0.15, 0.2) is 17.9 Å². The first-order valence-electron chi connectivity index (χ1n) is 10.0. The van der Waals surface area contributed by atoms with E-state index in [1.165, 1.54) is 6.07 Å². The van der Waals surface area contributed by atoms with E-state index in [1.807, 2.05) is 72.9 Å². The third-order valence-corrected chi connectivity index (χ3v) is 4.91. The molecule has 0 spiro atoms. The Bertz CT molecular complexity index is 1030. The monoisotopic (exact) mass is 401 g/mol. The van der Waals surface area contributed by atoms with Gasteiger partial charge in [-0.15, -0.1) is 0 Å². The van der Waals surface area contributed by atoms with Gasteiger partial charge in [0.25, 0.3) is 0 Å². The van der Waals surface area contributed by atoms with Crippen LogP contribution in [0.2, 0.25) is 0 Å². The van der Waals surface area contributed by atoms with Gasteiger partial charge in [0, 0.05) is 30.2 Å². The molecule has 0 aromatic heterocycles. The summed E-state index contributed by atoms with van der Waals surface area (Å²) in [5.74, 6) is -0.141. The molecule has 0 radical (unpaired) electrons. The van der Waals surface area contributed by atoms with Crippen LogP contribution in [0.4, 0.5) is 10.1 Å². The van der Waals surface area contributed by atoms with Gasteiger partial charge in [-0.3, -0.25) is 0 Å². The lowest BCUT2D eigenvalue weighted by Crippen LogP contribution is -2.37. The van der Waals surface area contributed by atoms with Crippen molar-refractivity contribution in [3.05, 3.63) is 102 Å². The third-order valence-electron chi connectivity index (χ3n) is 4.91. The first-order valence-corrected chi connectivity index (χ1v) is 10.0. The van der Waals surface area contributed by atoms with Crippen LogP contribution in [0, 0.1) is 5.82 Å². The van der Waals surface area contributed by atoms with Crippen molar-refractivity contribution in [3.8, 4) is 5.75 Å². The van der Waals surface area contributed by atoms with Crippen molar-refractivity contribution in [1.82, 2.24) is 4.90 Å². The van der Waals surface area contributed by atoms with E-state index in [2.05, 4.69) is 22.1 Å². The zero-order chi connectivity index (χ0) is 20.8. The maximum atomic E-state index is 14.6. The van der Waals surface area contributed by atoms with Crippen molar-refractivity contribution in [2.75, 3.05) is 11.9 Å². The van der Waals surface area contributed by atoms with Gasteiger partial charge in [0.1, 0.15) is 6.61 Å². The molecule has 1 heterocycles. The third kappa shape index (κ3) is 4.69. The smallest absolute Gasteiger partial charge is 0.196 e. The van der Waals surface area contributed by atoms with Crippen LogP contribution in [0.25, 0.3) is 5.57 Å². The molecule has 1 N–H and O–H groups in total. The fraction of sp³-hybridized carbons (Fsp3) is 0.160. The number of nitrogens with one attached hydrogen (secondary N) is 1. The number of anilines is 1. The first-order chi connectivity index (χ1) is 14.7. The highest BCUT2D eigenvalue weighted by atomic mass is 19.1. The van der Waals surface area contributed by atoms with E-state index >= 15 is 0 Å². The predicted octanol–water partition coefficient (Wildman–Crippen LogP) is 5.55.